The highest BCUT2D eigenvalue weighted by atomic mass is 31.0. The normalized spacial score (nSPS) is 21.9. The predicted octanol–water partition coefficient (Wildman–Crippen LogP) is 4.75. The molecule has 1 heterocycles. The van der Waals surface area contributed by atoms with Crippen LogP contribution in [0.3, 0.4) is 0 Å². The Morgan fingerprint density at radius 1 is 1.15 bits per heavy atom. The Labute approximate surface area is 166 Å². The number of ether oxygens (including phenoxy) is 1. The van der Waals surface area contributed by atoms with Crippen molar-refractivity contribution < 1.29 is 9.53 Å². The van der Waals surface area contributed by atoms with Crippen molar-refractivity contribution in [3.8, 4) is 0 Å². The largest absolute Gasteiger partial charge is 0.369 e. The van der Waals surface area contributed by atoms with Gasteiger partial charge in [0.25, 0.3) is 0 Å². The van der Waals surface area contributed by atoms with Crippen LogP contribution in [0.4, 0.5) is 5.69 Å². The highest BCUT2D eigenvalue weighted by Crippen LogP contribution is 2.44. The molecule has 0 aliphatic carbocycles. The molecule has 0 saturated carbocycles. The van der Waals surface area contributed by atoms with Crippen LogP contribution in [0.15, 0.2) is 54.6 Å². The molecule has 0 spiro atoms. The fraction of sp³-hybridized carbons (Fsp3) is 0.381. The number of Topliss-reactive ketones (excluding diaryl/α,β-unsaturated/α-hetero) is 1. The standard InChI is InChI=1S/C21H28N2O2P2/c1-21(2)23(27)19(20(25-21)16-6-4-3-5-7-16)13-12-18(24)14-15-8-10-17(22-26)11-9-15/h3-11,19-20,22H,12-14,26-27H2,1-2H3/t19-,20?/m1/s1. The summed E-state index contributed by atoms with van der Waals surface area (Å²) in [7, 11) is 5.27. The summed E-state index contributed by atoms with van der Waals surface area (Å²) in [6, 6.07) is 18.4. The van der Waals surface area contributed by atoms with Crippen LogP contribution in [0.5, 0.6) is 0 Å². The van der Waals surface area contributed by atoms with E-state index in [1.165, 1.54) is 0 Å². The SMILES string of the molecule is CC1(C)OC(c2ccccc2)[C@@H](CCC(=O)Cc2ccc(NP)cc2)N1P. The van der Waals surface area contributed by atoms with E-state index in [0.29, 0.717) is 12.8 Å². The first-order valence-corrected chi connectivity index (χ1v) is 10.3. The maximum atomic E-state index is 12.5. The van der Waals surface area contributed by atoms with Gasteiger partial charge in [0.1, 0.15) is 17.6 Å². The average Bonchev–Trinajstić information content (AvgIpc) is 2.91. The molecule has 3 rings (SSSR count). The Bertz CT molecular complexity index is 766. The van der Waals surface area contributed by atoms with Gasteiger partial charge in [-0.2, -0.15) is 0 Å². The van der Waals surface area contributed by atoms with Crippen LogP contribution in [0.2, 0.25) is 0 Å². The minimum absolute atomic E-state index is 0.0288. The van der Waals surface area contributed by atoms with Crippen LogP contribution >= 0.6 is 18.8 Å². The summed E-state index contributed by atoms with van der Waals surface area (Å²) in [4.78, 5) is 12.5. The molecule has 27 heavy (non-hydrogen) atoms. The summed E-state index contributed by atoms with van der Waals surface area (Å²) in [6.45, 7) is 4.14. The Balaban J connectivity index is 1.64. The number of hydrogen-bond acceptors (Lipinski definition) is 4. The maximum absolute atomic E-state index is 12.5. The Morgan fingerprint density at radius 2 is 1.81 bits per heavy atom. The second kappa shape index (κ2) is 8.80. The van der Waals surface area contributed by atoms with Crippen molar-refractivity contribution >= 4 is 30.3 Å². The number of anilines is 1. The summed E-state index contributed by atoms with van der Waals surface area (Å²) in [5.74, 6) is 0.261. The van der Waals surface area contributed by atoms with E-state index < -0.39 is 0 Å². The molecule has 0 aromatic heterocycles. The number of nitrogens with zero attached hydrogens (tertiary/aromatic N) is 1. The lowest BCUT2D eigenvalue weighted by atomic mass is 9.96. The van der Waals surface area contributed by atoms with Crippen molar-refractivity contribution in [1.29, 1.82) is 0 Å². The van der Waals surface area contributed by atoms with Crippen LogP contribution in [0, 0.1) is 0 Å². The molecule has 2 aromatic carbocycles. The first kappa shape index (κ1) is 20.4. The molecule has 4 nitrogen and oxygen atoms in total. The van der Waals surface area contributed by atoms with E-state index >= 15 is 0 Å². The van der Waals surface area contributed by atoms with Gasteiger partial charge in [-0.1, -0.05) is 51.9 Å². The molecule has 144 valence electrons. The highest BCUT2D eigenvalue weighted by Gasteiger charge is 2.45. The van der Waals surface area contributed by atoms with Gasteiger partial charge in [-0.15, -0.1) is 0 Å². The minimum atomic E-state index is -0.375. The molecule has 1 aliphatic rings. The molecule has 0 radical (unpaired) electrons. The average molecular weight is 402 g/mol. The number of ketones is 1. The van der Waals surface area contributed by atoms with E-state index in [4.69, 9.17) is 4.74 Å². The van der Waals surface area contributed by atoms with Crippen molar-refractivity contribution in [1.82, 2.24) is 4.67 Å². The van der Waals surface area contributed by atoms with Gasteiger partial charge < -0.3 is 9.82 Å². The fourth-order valence-corrected chi connectivity index (χ4v) is 4.12. The third-order valence-corrected chi connectivity index (χ3v) is 6.45. The predicted molar refractivity (Wildman–Crippen MR) is 117 cm³/mol. The maximum Gasteiger partial charge on any atom is 0.137 e. The van der Waals surface area contributed by atoms with Gasteiger partial charge in [-0.05, 0) is 52.9 Å². The summed E-state index contributed by atoms with van der Waals surface area (Å²) in [5, 5.41) is 3.01. The van der Waals surface area contributed by atoms with E-state index in [-0.39, 0.29) is 23.7 Å². The van der Waals surface area contributed by atoms with Gasteiger partial charge in [0.2, 0.25) is 0 Å². The lowest BCUT2D eigenvalue weighted by molar-refractivity contribution is -0.118. The van der Waals surface area contributed by atoms with Crippen molar-refractivity contribution in [3.63, 3.8) is 0 Å². The zero-order chi connectivity index (χ0) is 19.4. The number of carbonyl (C=O) groups excluding carboxylic acids is 1. The van der Waals surface area contributed by atoms with Crippen molar-refractivity contribution in [2.75, 3.05) is 5.09 Å². The summed E-state index contributed by atoms with van der Waals surface area (Å²) >= 11 is 0. The lowest BCUT2D eigenvalue weighted by Gasteiger charge is -2.29. The zero-order valence-corrected chi connectivity index (χ0v) is 18.2. The molecular weight excluding hydrogens is 374 g/mol. The monoisotopic (exact) mass is 402 g/mol. The van der Waals surface area contributed by atoms with Crippen LogP contribution in [-0.4, -0.2) is 22.2 Å². The summed E-state index contributed by atoms with van der Waals surface area (Å²) in [6.07, 6.45) is 1.76. The quantitative estimate of drug-likeness (QED) is 0.679. The molecule has 1 saturated heterocycles. The van der Waals surface area contributed by atoms with E-state index in [1.807, 2.05) is 42.5 Å². The summed E-state index contributed by atoms with van der Waals surface area (Å²) < 4.78 is 8.50. The van der Waals surface area contributed by atoms with Crippen LogP contribution in [0.1, 0.15) is 43.9 Å². The van der Waals surface area contributed by atoms with Crippen LogP contribution in [-0.2, 0) is 16.0 Å². The molecule has 3 unspecified atom stereocenters. The van der Waals surface area contributed by atoms with E-state index in [0.717, 1.165) is 23.2 Å². The fourth-order valence-electron chi connectivity index (χ4n) is 3.56. The van der Waals surface area contributed by atoms with Crippen molar-refractivity contribution in [2.24, 2.45) is 0 Å². The molecule has 1 fully saturated rings. The smallest absolute Gasteiger partial charge is 0.137 e. The number of rotatable bonds is 7. The number of nitrogens with one attached hydrogen (secondary N) is 1. The minimum Gasteiger partial charge on any atom is -0.369 e. The number of hydrogen-bond donors (Lipinski definition) is 1. The van der Waals surface area contributed by atoms with Gasteiger partial charge in [0.15, 0.2) is 0 Å². The molecule has 0 amide bonds. The molecule has 1 N–H and O–H groups in total. The first-order chi connectivity index (χ1) is 12.9. The highest BCUT2D eigenvalue weighted by molar-refractivity contribution is 7.18. The van der Waals surface area contributed by atoms with E-state index in [9.17, 15) is 4.79 Å². The third kappa shape index (κ3) is 4.95. The molecular formula is C21H28N2O2P2. The van der Waals surface area contributed by atoms with E-state index in [1.54, 1.807) is 0 Å². The molecule has 2 aromatic rings. The van der Waals surface area contributed by atoms with Gasteiger partial charge in [0.05, 0.1) is 0 Å². The number of benzene rings is 2. The van der Waals surface area contributed by atoms with E-state index in [2.05, 4.69) is 54.5 Å². The van der Waals surface area contributed by atoms with Gasteiger partial charge in [-0.25, -0.2) is 0 Å². The van der Waals surface area contributed by atoms with Crippen LogP contribution in [0.25, 0.3) is 0 Å². The summed E-state index contributed by atoms with van der Waals surface area (Å²) in [5.41, 5.74) is 2.86. The van der Waals surface area contributed by atoms with Crippen LogP contribution < -0.4 is 5.09 Å². The van der Waals surface area contributed by atoms with Gasteiger partial charge in [-0.3, -0.25) is 9.46 Å². The topological polar surface area (TPSA) is 41.6 Å². The second-order valence-corrected chi connectivity index (χ2v) is 8.31. The zero-order valence-electron chi connectivity index (χ0n) is 15.9. The molecule has 6 heteroatoms. The second-order valence-electron chi connectivity index (χ2n) is 7.47. The van der Waals surface area contributed by atoms with Crippen molar-refractivity contribution in [2.45, 2.75) is 51.0 Å². The molecule has 1 aliphatic heterocycles. The Morgan fingerprint density at radius 3 is 2.44 bits per heavy atom. The Kier molecular flexibility index (Phi) is 6.65. The number of carbonyl (C=O) groups is 1. The first-order valence-electron chi connectivity index (χ1n) is 9.25. The third-order valence-electron chi connectivity index (χ3n) is 5.11. The van der Waals surface area contributed by atoms with Gasteiger partial charge >= 0.3 is 0 Å². The van der Waals surface area contributed by atoms with Crippen molar-refractivity contribution in [3.05, 3.63) is 65.7 Å². The molecule has 0 bridgehead atoms. The van der Waals surface area contributed by atoms with Gasteiger partial charge in [0, 0.05) is 24.6 Å². The molecule has 4 atom stereocenters. The lowest BCUT2D eigenvalue weighted by Crippen LogP contribution is -2.36. The Hall–Kier alpha value is -1.31.